The Labute approximate surface area is 149 Å². The van der Waals surface area contributed by atoms with Crippen LogP contribution in [-0.2, 0) is 11.2 Å². The summed E-state index contributed by atoms with van der Waals surface area (Å²) in [4.78, 5) is 31.2. The molecule has 0 radical (unpaired) electrons. The van der Waals surface area contributed by atoms with Crippen molar-refractivity contribution >= 4 is 16.9 Å². The molecule has 0 unspecified atom stereocenters. The molecule has 0 saturated heterocycles. The van der Waals surface area contributed by atoms with E-state index in [2.05, 4.69) is 9.97 Å². The maximum absolute atomic E-state index is 12.3. The number of aromatic nitrogens is 2. The number of hydrogen-bond donors (Lipinski definition) is 1. The number of ether oxygens (including phenoxy) is 3. The quantitative estimate of drug-likeness (QED) is 0.707. The predicted octanol–water partition coefficient (Wildman–Crippen LogP) is 2.32. The van der Waals surface area contributed by atoms with Gasteiger partial charge >= 0.3 is 5.97 Å². The SMILES string of the molecule is COC(=O)c1ccc2c(=O)[nH]c(Cc3ccc(OC)c(OC)c3)nc2c1. The van der Waals surface area contributed by atoms with Crippen LogP contribution in [0, 0.1) is 0 Å². The van der Waals surface area contributed by atoms with Gasteiger partial charge in [-0.2, -0.15) is 0 Å². The third kappa shape index (κ3) is 3.37. The first kappa shape index (κ1) is 17.5. The van der Waals surface area contributed by atoms with Crippen molar-refractivity contribution in [1.29, 1.82) is 0 Å². The van der Waals surface area contributed by atoms with Gasteiger partial charge in [0.2, 0.25) is 0 Å². The Morgan fingerprint density at radius 1 is 1.04 bits per heavy atom. The van der Waals surface area contributed by atoms with Gasteiger partial charge < -0.3 is 19.2 Å². The highest BCUT2D eigenvalue weighted by atomic mass is 16.5. The van der Waals surface area contributed by atoms with E-state index in [1.165, 1.54) is 7.11 Å². The Hall–Kier alpha value is -3.35. The molecule has 0 spiro atoms. The number of methoxy groups -OCH3 is 3. The Kier molecular flexibility index (Phi) is 4.88. The number of esters is 1. The van der Waals surface area contributed by atoms with Crippen LogP contribution in [0.3, 0.4) is 0 Å². The summed E-state index contributed by atoms with van der Waals surface area (Å²) in [6, 6.07) is 10.1. The fourth-order valence-corrected chi connectivity index (χ4v) is 2.70. The van der Waals surface area contributed by atoms with Gasteiger partial charge in [0.05, 0.1) is 37.8 Å². The Morgan fingerprint density at radius 2 is 1.81 bits per heavy atom. The molecule has 0 aliphatic heterocycles. The lowest BCUT2D eigenvalue weighted by Gasteiger charge is -2.10. The van der Waals surface area contributed by atoms with E-state index in [0.717, 1.165) is 5.56 Å². The highest BCUT2D eigenvalue weighted by molar-refractivity contribution is 5.93. The molecule has 0 atom stereocenters. The van der Waals surface area contributed by atoms with Crippen molar-refractivity contribution in [1.82, 2.24) is 9.97 Å². The summed E-state index contributed by atoms with van der Waals surface area (Å²) in [6.45, 7) is 0. The summed E-state index contributed by atoms with van der Waals surface area (Å²) < 4.78 is 15.2. The molecule has 3 rings (SSSR count). The topological polar surface area (TPSA) is 90.5 Å². The molecule has 7 nitrogen and oxygen atoms in total. The van der Waals surface area contributed by atoms with E-state index >= 15 is 0 Å². The van der Waals surface area contributed by atoms with Crippen molar-refractivity contribution < 1.29 is 19.0 Å². The lowest BCUT2D eigenvalue weighted by Crippen LogP contribution is -2.13. The lowest BCUT2D eigenvalue weighted by atomic mass is 10.1. The van der Waals surface area contributed by atoms with E-state index in [4.69, 9.17) is 14.2 Å². The van der Waals surface area contributed by atoms with Crippen LogP contribution in [0.25, 0.3) is 10.9 Å². The van der Waals surface area contributed by atoms with Crippen molar-refractivity contribution in [3.63, 3.8) is 0 Å². The molecule has 2 aromatic carbocycles. The van der Waals surface area contributed by atoms with Crippen LogP contribution < -0.4 is 15.0 Å². The Morgan fingerprint density at radius 3 is 2.50 bits per heavy atom. The van der Waals surface area contributed by atoms with Crippen LogP contribution in [-0.4, -0.2) is 37.3 Å². The lowest BCUT2D eigenvalue weighted by molar-refractivity contribution is 0.0601. The smallest absolute Gasteiger partial charge is 0.337 e. The van der Waals surface area contributed by atoms with Gasteiger partial charge in [-0.05, 0) is 35.9 Å². The van der Waals surface area contributed by atoms with Gasteiger partial charge in [-0.1, -0.05) is 6.07 Å². The van der Waals surface area contributed by atoms with Gasteiger partial charge in [0, 0.05) is 6.42 Å². The largest absolute Gasteiger partial charge is 0.493 e. The molecule has 7 heteroatoms. The summed E-state index contributed by atoms with van der Waals surface area (Å²) in [6.07, 6.45) is 0.397. The van der Waals surface area contributed by atoms with Crippen molar-refractivity contribution in [3.8, 4) is 11.5 Å². The first-order valence-corrected chi connectivity index (χ1v) is 7.88. The monoisotopic (exact) mass is 354 g/mol. The molecule has 0 fully saturated rings. The average molecular weight is 354 g/mol. The van der Waals surface area contributed by atoms with Crippen molar-refractivity contribution in [3.05, 3.63) is 63.7 Å². The molecule has 0 aliphatic rings. The molecule has 0 bridgehead atoms. The van der Waals surface area contributed by atoms with E-state index in [1.807, 2.05) is 12.1 Å². The molecule has 3 aromatic rings. The Balaban J connectivity index is 2.00. The van der Waals surface area contributed by atoms with E-state index < -0.39 is 5.97 Å². The average Bonchev–Trinajstić information content (AvgIpc) is 2.66. The first-order valence-electron chi connectivity index (χ1n) is 7.88. The highest BCUT2D eigenvalue weighted by Crippen LogP contribution is 2.28. The zero-order chi connectivity index (χ0) is 18.7. The minimum atomic E-state index is -0.476. The number of fused-ring (bicyclic) bond motifs is 1. The summed E-state index contributed by atoms with van der Waals surface area (Å²) in [5.74, 6) is 1.23. The fraction of sp³-hybridized carbons (Fsp3) is 0.211. The number of nitrogens with one attached hydrogen (secondary N) is 1. The number of hydrogen-bond acceptors (Lipinski definition) is 6. The van der Waals surface area contributed by atoms with Crippen LogP contribution in [0.2, 0.25) is 0 Å². The Bertz CT molecular complexity index is 1030. The first-order chi connectivity index (χ1) is 12.5. The van der Waals surface area contributed by atoms with E-state index in [-0.39, 0.29) is 5.56 Å². The van der Waals surface area contributed by atoms with E-state index in [1.54, 1.807) is 38.5 Å². The standard InChI is InChI=1S/C19H18N2O5/c1-24-15-7-4-11(8-16(15)25-2)9-17-20-14-10-12(19(23)26-3)5-6-13(14)18(22)21-17/h4-8,10H,9H2,1-3H3,(H,20,21,22). The second kappa shape index (κ2) is 7.26. The van der Waals surface area contributed by atoms with Crippen LogP contribution >= 0.6 is 0 Å². The number of rotatable bonds is 5. The molecular formula is C19H18N2O5. The summed E-state index contributed by atoms with van der Waals surface area (Å²) >= 11 is 0. The molecule has 1 N–H and O–H groups in total. The molecular weight excluding hydrogens is 336 g/mol. The summed E-state index contributed by atoms with van der Waals surface area (Å²) in [5.41, 5.74) is 1.42. The normalized spacial score (nSPS) is 10.6. The number of benzene rings is 2. The minimum Gasteiger partial charge on any atom is -0.493 e. The molecule has 0 amide bonds. The number of H-pyrrole nitrogens is 1. The zero-order valence-corrected chi connectivity index (χ0v) is 14.7. The molecule has 0 saturated carbocycles. The third-order valence-corrected chi connectivity index (χ3v) is 4.00. The molecule has 1 heterocycles. The van der Waals surface area contributed by atoms with Gasteiger partial charge in [-0.25, -0.2) is 9.78 Å². The summed E-state index contributed by atoms with van der Waals surface area (Å²) in [5, 5.41) is 0.411. The molecule has 1 aromatic heterocycles. The third-order valence-electron chi connectivity index (χ3n) is 4.00. The van der Waals surface area contributed by atoms with E-state index in [0.29, 0.717) is 40.2 Å². The van der Waals surface area contributed by atoms with Crippen molar-refractivity contribution in [2.75, 3.05) is 21.3 Å². The second-order valence-electron chi connectivity index (χ2n) is 5.60. The maximum atomic E-state index is 12.3. The number of carbonyl (C=O) groups excluding carboxylic acids is 1. The van der Waals surface area contributed by atoms with Gasteiger partial charge in [0.15, 0.2) is 11.5 Å². The summed E-state index contributed by atoms with van der Waals surface area (Å²) in [7, 11) is 4.44. The zero-order valence-electron chi connectivity index (χ0n) is 14.7. The van der Waals surface area contributed by atoms with Gasteiger partial charge in [0.1, 0.15) is 5.82 Å². The van der Waals surface area contributed by atoms with Crippen molar-refractivity contribution in [2.24, 2.45) is 0 Å². The maximum Gasteiger partial charge on any atom is 0.337 e. The van der Waals surface area contributed by atoms with E-state index in [9.17, 15) is 9.59 Å². The van der Waals surface area contributed by atoms with Crippen LogP contribution in [0.1, 0.15) is 21.7 Å². The fourth-order valence-electron chi connectivity index (χ4n) is 2.70. The van der Waals surface area contributed by atoms with Gasteiger partial charge in [-0.15, -0.1) is 0 Å². The highest BCUT2D eigenvalue weighted by Gasteiger charge is 2.11. The predicted molar refractivity (Wildman–Crippen MR) is 96.1 cm³/mol. The number of carbonyl (C=O) groups is 1. The van der Waals surface area contributed by atoms with Crippen LogP contribution in [0.5, 0.6) is 11.5 Å². The van der Waals surface area contributed by atoms with Gasteiger partial charge in [-0.3, -0.25) is 4.79 Å². The van der Waals surface area contributed by atoms with Gasteiger partial charge in [0.25, 0.3) is 5.56 Å². The second-order valence-corrected chi connectivity index (χ2v) is 5.60. The van der Waals surface area contributed by atoms with Crippen LogP contribution in [0.15, 0.2) is 41.2 Å². The molecule has 0 aliphatic carbocycles. The van der Waals surface area contributed by atoms with Crippen molar-refractivity contribution in [2.45, 2.75) is 6.42 Å². The number of aromatic amines is 1. The molecule has 134 valence electrons. The van der Waals surface area contributed by atoms with Crippen LogP contribution in [0.4, 0.5) is 0 Å². The molecule has 26 heavy (non-hydrogen) atoms. The number of nitrogens with zero attached hydrogens (tertiary/aromatic N) is 1. The minimum absolute atomic E-state index is 0.262.